The van der Waals surface area contributed by atoms with Gasteiger partial charge in [-0.15, -0.1) is 11.3 Å². The van der Waals surface area contributed by atoms with Crippen molar-refractivity contribution in [3.63, 3.8) is 0 Å². The number of piperidine rings is 1. The fraction of sp³-hybridized carbons (Fsp3) is 0.500. The second-order valence-corrected chi connectivity index (χ2v) is 12.1. The van der Waals surface area contributed by atoms with Crippen molar-refractivity contribution in [2.75, 3.05) is 25.5 Å². The normalized spacial score (nSPS) is 21.2. The first-order valence-corrected chi connectivity index (χ1v) is 13.5. The Balaban J connectivity index is 1.65. The fourth-order valence-corrected chi connectivity index (χ4v) is 8.00. The van der Waals surface area contributed by atoms with E-state index >= 15 is 0 Å². The molecule has 0 spiro atoms. The smallest absolute Gasteiger partial charge is 0.256 e. The van der Waals surface area contributed by atoms with Gasteiger partial charge in [-0.3, -0.25) is 4.79 Å². The summed E-state index contributed by atoms with van der Waals surface area (Å²) in [5, 5.41) is 13.0. The summed E-state index contributed by atoms with van der Waals surface area (Å²) in [5.74, 6) is 0.289. The summed E-state index contributed by atoms with van der Waals surface area (Å²) in [7, 11) is -2.41. The predicted molar refractivity (Wildman–Crippen MR) is 128 cm³/mol. The van der Waals surface area contributed by atoms with Gasteiger partial charge in [-0.05, 0) is 67.7 Å². The molecule has 7 nitrogen and oxygen atoms in total. The van der Waals surface area contributed by atoms with E-state index in [-0.39, 0.29) is 28.0 Å². The maximum Gasteiger partial charge on any atom is 0.256 e. The lowest BCUT2D eigenvalue weighted by molar-refractivity contribution is 0.102. The van der Waals surface area contributed by atoms with Crippen molar-refractivity contribution in [1.82, 2.24) is 4.31 Å². The topological polar surface area (TPSA) is 99.5 Å². The molecule has 1 aromatic heterocycles. The van der Waals surface area contributed by atoms with E-state index < -0.39 is 15.9 Å². The summed E-state index contributed by atoms with van der Waals surface area (Å²) in [6.45, 7) is 4.98. The molecular weight excluding hydrogens is 458 g/mol. The Hall–Kier alpha value is -2.41. The molecular formula is C24H29N3O4S2. The van der Waals surface area contributed by atoms with E-state index in [4.69, 9.17) is 4.74 Å². The number of nitrogens with zero attached hydrogens (tertiary/aromatic N) is 2. The molecule has 1 saturated heterocycles. The number of amides is 1. The fourth-order valence-electron chi connectivity index (χ4n) is 4.91. The summed E-state index contributed by atoms with van der Waals surface area (Å²) < 4.78 is 33.8. The third-order valence-electron chi connectivity index (χ3n) is 6.39. The molecule has 1 fully saturated rings. The Morgan fingerprint density at radius 1 is 1.21 bits per heavy atom. The number of sulfonamides is 1. The third kappa shape index (κ3) is 4.65. The van der Waals surface area contributed by atoms with Crippen LogP contribution in [0.25, 0.3) is 0 Å². The van der Waals surface area contributed by atoms with Crippen LogP contribution in [0.3, 0.4) is 0 Å². The number of anilines is 1. The molecule has 2 heterocycles. The first-order chi connectivity index (χ1) is 15.7. The maximum atomic E-state index is 13.5. The average Bonchev–Trinajstić information content (AvgIpc) is 3.14. The number of methoxy groups -OCH3 is 1. The zero-order chi connectivity index (χ0) is 23.8. The SMILES string of the molecule is COc1ccc(C(=O)Nc2sc3c(c2C#N)CCCC3)cc1S(=O)(=O)N1CC(C)CC(C)C1. The molecule has 2 atom stereocenters. The molecule has 2 unspecified atom stereocenters. The summed E-state index contributed by atoms with van der Waals surface area (Å²) in [6, 6.07) is 6.69. The number of rotatable bonds is 5. The lowest BCUT2D eigenvalue weighted by atomic mass is 9.94. The van der Waals surface area contributed by atoms with Crippen molar-refractivity contribution in [1.29, 1.82) is 5.26 Å². The molecule has 1 aliphatic carbocycles. The summed E-state index contributed by atoms with van der Waals surface area (Å²) >= 11 is 1.44. The van der Waals surface area contributed by atoms with Gasteiger partial charge >= 0.3 is 0 Å². The Bertz CT molecular complexity index is 1200. The molecule has 33 heavy (non-hydrogen) atoms. The van der Waals surface area contributed by atoms with Crippen molar-refractivity contribution in [3.05, 3.63) is 39.8 Å². The lowest BCUT2D eigenvalue weighted by Gasteiger charge is -2.34. The van der Waals surface area contributed by atoms with Gasteiger partial charge in [0.15, 0.2) is 0 Å². The van der Waals surface area contributed by atoms with Gasteiger partial charge in [0.25, 0.3) is 5.91 Å². The van der Waals surface area contributed by atoms with Crippen molar-refractivity contribution < 1.29 is 17.9 Å². The van der Waals surface area contributed by atoms with Gasteiger partial charge in [-0.25, -0.2) is 8.42 Å². The van der Waals surface area contributed by atoms with Crippen LogP contribution >= 0.6 is 11.3 Å². The number of carbonyl (C=O) groups is 1. The molecule has 0 radical (unpaired) electrons. The largest absolute Gasteiger partial charge is 0.495 e. The summed E-state index contributed by atoms with van der Waals surface area (Å²) in [5.41, 5.74) is 1.78. The van der Waals surface area contributed by atoms with Gasteiger partial charge in [-0.2, -0.15) is 9.57 Å². The standard InChI is InChI=1S/C24H29N3O4S2/c1-15-10-16(2)14-27(13-15)33(29,30)22-11-17(8-9-20(22)31-3)23(28)26-24-19(12-25)18-6-4-5-7-21(18)32-24/h8-9,11,15-16H,4-7,10,13-14H2,1-3H3,(H,26,28). The first-order valence-electron chi connectivity index (χ1n) is 11.3. The summed E-state index contributed by atoms with van der Waals surface area (Å²) in [4.78, 5) is 14.2. The number of carbonyl (C=O) groups excluding carboxylic acids is 1. The van der Waals surface area contributed by atoms with Crippen LogP contribution in [-0.4, -0.2) is 38.8 Å². The number of benzene rings is 1. The molecule has 2 aromatic rings. The molecule has 4 rings (SSSR count). The Morgan fingerprint density at radius 2 is 1.91 bits per heavy atom. The van der Waals surface area contributed by atoms with E-state index in [0.717, 1.165) is 42.5 Å². The molecule has 1 aliphatic heterocycles. The van der Waals surface area contributed by atoms with Gasteiger partial charge in [0, 0.05) is 23.5 Å². The lowest BCUT2D eigenvalue weighted by Crippen LogP contribution is -2.42. The van der Waals surface area contributed by atoms with Crippen LogP contribution in [-0.2, 0) is 22.9 Å². The van der Waals surface area contributed by atoms with Crippen LogP contribution < -0.4 is 10.1 Å². The van der Waals surface area contributed by atoms with Crippen LogP contribution in [0.15, 0.2) is 23.1 Å². The molecule has 1 aromatic carbocycles. The van der Waals surface area contributed by atoms with Crippen LogP contribution in [0.2, 0.25) is 0 Å². The van der Waals surface area contributed by atoms with Crippen molar-refractivity contribution in [2.24, 2.45) is 11.8 Å². The second-order valence-electron chi connectivity index (χ2n) is 9.11. The second kappa shape index (κ2) is 9.45. The Kier molecular flexibility index (Phi) is 6.80. The van der Waals surface area contributed by atoms with Crippen molar-refractivity contribution in [3.8, 4) is 11.8 Å². The number of hydrogen-bond acceptors (Lipinski definition) is 6. The van der Waals surface area contributed by atoms with Crippen LogP contribution in [0.5, 0.6) is 5.75 Å². The van der Waals surface area contributed by atoms with Gasteiger partial charge in [-0.1, -0.05) is 13.8 Å². The molecule has 0 saturated carbocycles. The van der Waals surface area contributed by atoms with Crippen LogP contribution in [0.1, 0.15) is 59.5 Å². The van der Waals surface area contributed by atoms with Gasteiger partial charge in [0.2, 0.25) is 10.0 Å². The van der Waals surface area contributed by atoms with Gasteiger partial charge < -0.3 is 10.1 Å². The molecule has 176 valence electrons. The van der Waals surface area contributed by atoms with Gasteiger partial charge in [0.1, 0.15) is 21.7 Å². The highest BCUT2D eigenvalue weighted by Crippen LogP contribution is 2.38. The molecule has 9 heteroatoms. The van der Waals surface area contributed by atoms with Crippen molar-refractivity contribution >= 4 is 32.3 Å². The third-order valence-corrected chi connectivity index (χ3v) is 9.45. The number of fused-ring (bicyclic) bond motifs is 1. The van der Waals surface area contributed by atoms with Crippen LogP contribution in [0.4, 0.5) is 5.00 Å². The maximum absolute atomic E-state index is 13.5. The Morgan fingerprint density at radius 3 is 2.58 bits per heavy atom. The number of hydrogen-bond donors (Lipinski definition) is 1. The average molecular weight is 488 g/mol. The van der Waals surface area contributed by atoms with E-state index in [1.807, 2.05) is 13.8 Å². The first kappa shape index (κ1) is 23.7. The number of aryl methyl sites for hydroxylation is 1. The van der Waals surface area contributed by atoms with E-state index in [9.17, 15) is 18.5 Å². The highest BCUT2D eigenvalue weighted by atomic mass is 32.2. The van der Waals surface area contributed by atoms with E-state index in [2.05, 4.69) is 11.4 Å². The van der Waals surface area contributed by atoms with Gasteiger partial charge in [0.05, 0.1) is 12.7 Å². The van der Waals surface area contributed by atoms with E-state index in [0.29, 0.717) is 23.7 Å². The minimum atomic E-state index is -3.84. The molecule has 2 aliphatic rings. The highest BCUT2D eigenvalue weighted by molar-refractivity contribution is 7.89. The summed E-state index contributed by atoms with van der Waals surface area (Å²) in [6.07, 6.45) is 4.88. The zero-order valence-electron chi connectivity index (χ0n) is 19.2. The highest BCUT2D eigenvalue weighted by Gasteiger charge is 2.34. The minimum Gasteiger partial charge on any atom is -0.495 e. The molecule has 1 amide bonds. The quantitative estimate of drug-likeness (QED) is 0.673. The molecule has 0 bridgehead atoms. The number of thiophene rings is 1. The van der Waals surface area contributed by atoms with Crippen molar-refractivity contribution in [2.45, 2.75) is 50.8 Å². The predicted octanol–water partition coefficient (Wildman–Crippen LogP) is 4.43. The Labute approximate surface area is 199 Å². The number of nitriles is 1. The number of nitrogens with one attached hydrogen (secondary N) is 1. The van der Waals surface area contributed by atoms with E-state index in [1.165, 1.54) is 34.9 Å². The minimum absolute atomic E-state index is 0.00932. The van der Waals surface area contributed by atoms with E-state index in [1.54, 1.807) is 6.07 Å². The number of ether oxygens (including phenoxy) is 1. The zero-order valence-corrected chi connectivity index (χ0v) is 20.8. The molecule has 1 N–H and O–H groups in total. The van der Waals surface area contributed by atoms with Crippen LogP contribution in [0, 0.1) is 23.2 Å². The monoisotopic (exact) mass is 487 g/mol.